The van der Waals surface area contributed by atoms with E-state index in [4.69, 9.17) is 0 Å². The minimum Gasteiger partial charge on any atom is -0.351 e. The molecular weight excluding hydrogens is 226 g/mol. The van der Waals surface area contributed by atoms with Gasteiger partial charge in [-0.2, -0.15) is 5.10 Å². The third-order valence-electron chi connectivity index (χ3n) is 2.90. The zero-order chi connectivity index (χ0) is 13.0. The van der Waals surface area contributed by atoms with Crippen molar-refractivity contribution in [2.45, 2.75) is 12.8 Å². The van der Waals surface area contributed by atoms with Crippen LogP contribution in [0.15, 0.2) is 42.7 Å². The Hall–Kier alpha value is -2.10. The van der Waals surface area contributed by atoms with Gasteiger partial charge in [0.05, 0.1) is 11.8 Å². The molecule has 1 aromatic heterocycles. The summed E-state index contributed by atoms with van der Waals surface area (Å²) in [6.45, 7) is 2.72. The Balaban J connectivity index is 1.90. The third-order valence-corrected chi connectivity index (χ3v) is 2.90. The molecule has 2 rings (SSSR count). The smallest absolute Gasteiger partial charge is 0.254 e. The van der Waals surface area contributed by atoms with E-state index < -0.39 is 0 Å². The summed E-state index contributed by atoms with van der Waals surface area (Å²) in [6, 6.07) is 10.1. The number of carbonyl (C=O) groups excluding carboxylic acids is 1. The Bertz CT molecular complexity index is 519. The van der Waals surface area contributed by atoms with E-state index in [2.05, 4.69) is 29.5 Å². The highest BCUT2D eigenvalue weighted by molar-refractivity contribution is 5.93. The lowest BCUT2D eigenvalue weighted by molar-refractivity contribution is 0.0951. The van der Waals surface area contributed by atoms with Crippen molar-refractivity contribution in [2.24, 2.45) is 7.05 Å². The summed E-state index contributed by atoms with van der Waals surface area (Å²) in [6.07, 6.45) is 3.28. The largest absolute Gasteiger partial charge is 0.351 e. The van der Waals surface area contributed by atoms with Crippen LogP contribution in [0, 0.1) is 0 Å². The molecule has 0 aliphatic heterocycles. The fourth-order valence-electron chi connectivity index (χ4n) is 1.79. The lowest BCUT2D eigenvalue weighted by Gasteiger charge is -2.12. The average molecular weight is 243 g/mol. The molecule has 0 spiro atoms. The predicted octanol–water partition coefficient (Wildman–Crippen LogP) is 1.95. The maximum absolute atomic E-state index is 11.8. The second-order valence-electron chi connectivity index (χ2n) is 4.42. The van der Waals surface area contributed by atoms with Gasteiger partial charge in [0, 0.05) is 19.8 Å². The molecule has 1 aromatic carbocycles. The first-order chi connectivity index (χ1) is 8.66. The molecule has 0 saturated heterocycles. The fraction of sp³-hybridized carbons (Fsp3) is 0.286. The van der Waals surface area contributed by atoms with Crippen LogP contribution in [0.3, 0.4) is 0 Å². The zero-order valence-electron chi connectivity index (χ0n) is 10.6. The molecule has 4 heteroatoms. The second-order valence-corrected chi connectivity index (χ2v) is 4.42. The number of amides is 1. The highest BCUT2D eigenvalue weighted by atomic mass is 16.1. The number of hydrogen-bond donors (Lipinski definition) is 1. The molecule has 4 nitrogen and oxygen atoms in total. The van der Waals surface area contributed by atoms with E-state index in [-0.39, 0.29) is 5.91 Å². The lowest BCUT2D eigenvalue weighted by Crippen LogP contribution is -2.27. The summed E-state index contributed by atoms with van der Waals surface area (Å²) in [5.74, 6) is 0.220. The average Bonchev–Trinajstić information content (AvgIpc) is 2.83. The van der Waals surface area contributed by atoms with Gasteiger partial charge in [-0.05, 0) is 11.5 Å². The first-order valence-electron chi connectivity index (χ1n) is 5.98. The molecule has 0 aliphatic rings. The van der Waals surface area contributed by atoms with Crippen molar-refractivity contribution in [1.82, 2.24) is 15.1 Å². The summed E-state index contributed by atoms with van der Waals surface area (Å²) < 4.78 is 1.62. The number of carbonyl (C=O) groups is 1. The van der Waals surface area contributed by atoms with E-state index in [0.717, 1.165) is 0 Å². The van der Waals surface area contributed by atoms with Gasteiger partial charge in [0.25, 0.3) is 5.91 Å². The van der Waals surface area contributed by atoms with Gasteiger partial charge in [-0.15, -0.1) is 0 Å². The number of aromatic nitrogens is 2. The molecule has 1 amide bonds. The normalized spacial score (nSPS) is 12.1. The molecule has 0 unspecified atom stereocenters. The molecule has 1 atom stereocenters. The van der Waals surface area contributed by atoms with Crippen LogP contribution in [-0.4, -0.2) is 22.2 Å². The van der Waals surface area contributed by atoms with E-state index in [0.29, 0.717) is 18.0 Å². The first kappa shape index (κ1) is 12.4. The molecule has 0 fully saturated rings. The Morgan fingerprint density at radius 3 is 2.72 bits per heavy atom. The first-order valence-corrected chi connectivity index (χ1v) is 5.98. The Morgan fingerprint density at radius 2 is 2.11 bits per heavy atom. The SMILES string of the molecule is C[C@H](CNC(=O)c1cnn(C)c1)c1ccccc1. The van der Waals surface area contributed by atoms with Gasteiger partial charge < -0.3 is 5.32 Å². The monoisotopic (exact) mass is 243 g/mol. The number of rotatable bonds is 4. The standard InChI is InChI=1S/C14H17N3O/c1-11(12-6-4-3-5-7-12)8-15-14(18)13-9-16-17(2)10-13/h3-7,9-11H,8H2,1-2H3,(H,15,18)/t11-/m1/s1. The van der Waals surface area contributed by atoms with Crippen LogP contribution in [0.5, 0.6) is 0 Å². The molecule has 0 aliphatic carbocycles. The lowest BCUT2D eigenvalue weighted by atomic mass is 10.0. The van der Waals surface area contributed by atoms with Crippen molar-refractivity contribution in [3.05, 3.63) is 53.9 Å². The topological polar surface area (TPSA) is 46.9 Å². The number of nitrogens with zero attached hydrogens (tertiary/aromatic N) is 2. The van der Waals surface area contributed by atoms with Gasteiger partial charge in [-0.25, -0.2) is 0 Å². The van der Waals surface area contributed by atoms with Crippen LogP contribution < -0.4 is 5.32 Å². The molecule has 1 N–H and O–H groups in total. The van der Waals surface area contributed by atoms with Crippen LogP contribution in [0.25, 0.3) is 0 Å². The second kappa shape index (κ2) is 5.49. The van der Waals surface area contributed by atoms with Crippen molar-refractivity contribution in [3.63, 3.8) is 0 Å². The van der Waals surface area contributed by atoms with Gasteiger partial charge in [0.2, 0.25) is 0 Å². The van der Waals surface area contributed by atoms with Crippen molar-refractivity contribution < 1.29 is 4.79 Å². The number of benzene rings is 1. The minimum atomic E-state index is -0.0779. The highest BCUT2D eigenvalue weighted by Crippen LogP contribution is 2.13. The van der Waals surface area contributed by atoms with Crippen LogP contribution in [0.2, 0.25) is 0 Å². The van der Waals surface area contributed by atoms with Crippen molar-refractivity contribution in [2.75, 3.05) is 6.54 Å². The summed E-state index contributed by atoms with van der Waals surface area (Å²) in [4.78, 5) is 11.8. The molecule has 0 saturated carbocycles. The van der Waals surface area contributed by atoms with Gasteiger partial charge in [-0.3, -0.25) is 9.48 Å². The van der Waals surface area contributed by atoms with Crippen LogP contribution in [-0.2, 0) is 7.05 Å². The van der Waals surface area contributed by atoms with Crippen molar-refractivity contribution in [1.29, 1.82) is 0 Å². The van der Waals surface area contributed by atoms with Crippen LogP contribution in [0.1, 0.15) is 28.8 Å². The molecule has 18 heavy (non-hydrogen) atoms. The molecule has 0 radical (unpaired) electrons. The van der Waals surface area contributed by atoms with Crippen LogP contribution >= 0.6 is 0 Å². The predicted molar refractivity (Wildman–Crippen MR) is 70.4 cm³/mol. The van der Waals surface area contributed by atoms with E-state index >= 15 is 0 Å². The maximum Gasteiger partial charge on any atom is 0.254 e. The molecule has 1 heterocycles. The van der Waals surface area contributed by atoms with Gasteiger partial charge >= 0.3 is 0 Å². The third kappa shape index (κ3) is 2.97. The van der Waals surface area contributed by atoms with Crippen molar-refractivity contribution in [3.8, 4) is 0 Å². The van der Waals surface area contributed by atoms with E-state index in [1.54, 1.807) is 24.1 Å². The summed E-state index contributed by atoms with van der Waals surface area (Å²) in [5, 5.41) is 6.90. The quantitative estimate of drug-likeness (QED) is 0.892. The van der Waals surface area contributed by atoms with Gasteiger partial charge in [-0.1, -0.05) is 37.3 Å². The Kier molecular flexibility index (Phi) is 3.77. The van der Waals surface area contributed by atoms with Crippen molar-refractivity contribution >= 4 is 5.91 Å². The molecule has 94 valence electrons. The van der Waals surface area contributed by atoms with E-state index in [1.807, 2.05) is 18.2 Å². The summed E-state index contributed by atoms with van der Waals surface area (Å²) in [5.41, 5.74) is 1.82. The molecule has 2 aromatic rings. The summed E-state index contributed by atoms with van der Waals surface area (Å²) in [7, 11) is 1.80. The minimum absolute atomic E-state index is 0.0779. The molecule has 0 bridgehead atoms. The maximum atomic E-state index is 11.8. The van der Waals surface area contributed by atoms with E-state index in [9.17, 15) is 4.79 Å². The fourth-order valence-corrected chi connectivity index (χ4v) is 1.79. The Morgan fingerprint density at radius 1 is 1.39 bits per heavy atom. The van der Waals surface area contributed by atoms with E-state index in [1.165, 1.54) is 5.56 Å². The summed E-state index contributed by atoms with van der Waals surface area (Å²) >= 11 is 0. The number of hydrogen-bond acceptors (Lipinski definition) is 2. The van der Waals surface area contributed by atoms with Gasteiger partial charge in [0.15, 0.2) is 0 Å². The highest BCUT2D eigenvalue weighted by Gasteiger charge is 2.10. The molecular formula is C14H17N3O. The van der Waals surface area contributed by atoms with Gasteiger partial charge in [0.1, 0.15) is 0 Å². The number of nitrogens with one attached hydrogen (secondary N) is 1. The zero-order valence-corrected chi connectivity index (χ0v) is 10.6. The Labute approximate surface area is 107 Å². The number of aryl methyl sites for hydroxylation is 1. The van der Waals surface area contributed by atoms with Crippen LogP contribution in [0.4, 0.5) is 0 Å².